The van der Waals surface area contributed by atoms with Crippen molar-refractivity contribution in [2.45, 2.75) is 87.9 Å². The van der Waals surface area contributed by atoms with E-state index in [4.69, 9.17) is 4.74 Å². The molecule has 0 saturated carbocycles. The fourth-order valence-corrected chi connectivity index (χ4v) is 8.81. The van der Waals surface area contributed by atoms with Gasteiger partial charge in [-0.1, -0.05) is 32.4 Å². The van der Waals surface area contributed by atoms with E-state index in [1.165, 1.54) is 0 Å². The van der Waals surface area contributed by atoms with E-state index < -0.39 is 28.7 Å². The van der Waals surface area contributed by atoms with Crippen LogP contribution in [0.15, 0.2) is 25.3 Å². The van der Waals surface area contributed by atoms with Crippen molar-refractivity contribution in [3.63, 3.8) is 0 Å². The standard InChI is InChI=1S/C27H42N2O5S/c1-7-10-11-14-34-26(33)21-20-15-17(4)27(35-20)22(21)24(31)29(19(6)16-30)23(27)25(32)28(13-9-3)18(5)12-8-2/h7,9,17-23,30H,1,3,8,10-16H2,2,4-6H3/t17?,18?,19-,20-,21+,22+,23?,27?/m1/s1. The van der Waals surface area contributed by atoms with Gasteiger partial charge in [-0.15, -0.1) is 24.9 Å². The molecule has 35 heavy (non-hydrogen) atoms. The molecule has 2 bridgehead atoms. The Labute approximate surface area is 214 Å². The van der Waals surface area contributed by atoms with Crippen LogP contribution in [0, 0.1) is 17.8 Å². The van der Waals surface area contributed by atoms with Crippen molar-refractivity contribution in [3.05, 3.63) is 25.3 Å². The van der Waals surface area contributed by atoms with Gasteiger partial charge in [-0.25, -0.2) is 0 Å². The Morgan fingerprint density at radius 3 is 2.66 bits per heavy atom. The summed E-state index contributed by atoms with van der Waals surface area (Å²) < 4.78 is 4.90. The lowest BCUT2D eigenvalue weighted by molar-refractivity contribution is -0.155. The number of thioether (sulfide) groups is 1. The predicted octanol–water partition coefficient (Wildman–Crippen LogP) is 3.42. The van der Waals surface area contributed by atoms with E-state index in [0.29, 0.717) is 19.6 Å². The van der Waals surface area contributed by atoms with Gasteiger partial charge < -0.3 is 19.6 Å². The number of aliphatic hydroxyl groups is 1. The van der Waals surface area contributed by atoms with E-state index in [1.54, 1.807) is 35.7 Å². The van der Waals surface area contributed by atoms with E-state index in [9.17, 15) is 19.5 Å². The molecule has 8 atom stereocenters. The van der Waals surface area contributed by atoms with Gasteiger partial charge in [-0.3, -0.25) is 14.4 Å². The Morgan fingerprint density at radius 1 is 1.34 bits per heavy atom. The molecule has 3 aliphatic heterocycles. The Kier molecular flexibility index (Phi) is 9.13. The third kappa shape index (κ3) is 4.68. The first kappa shape index (κ1) is 27.8. The molecule has 3 saturated heterocycles. The van der Waals surface area contributed by atoms with Crippen molar-refractivity contribution in [2.24, 2.45) is 17.8 Å². The largest absolute Gasteiger partial charge is 0.465 e. The fraction of sp³-hybridized carbons (Fsp3) is 0.741. The molecule has 0 radical (unpaired) electrons. The first-order chi connectivity index (χ1) is 16.7. The van der Waals surface area contributed by atoms with Crippen LogP contribution in [0.3, 0.4) is 0 Å². The van der Waals surface area contributed by atoms with Crippen LogP contribution in [0.1, 0.15) is 59.8 Å². The molecule has 7 nitrogen and oxygen atoms in total. The summed E-state index contributed by atoms with van der Waals surface area (Å²) >= 11 is 1.64. The topological polar surface area (TPSA) is 87.1 Å². The van der Waals surface area contributed by atoms with Crippen LogP contribution < -0.4 is 0 Å². The van der Waals surface area contributed by atoms with Gasteiger partial charge in [0.1, 0.15) is 6.04 Å². The minimum Gasteiger partial charge on any atom is -0.465 e. The number of fused-ring (bicyclic) bond motifs is 1. The molecule has 196 valence electrons. The summed E-state index contributed by atoms with van der Waals surface area (Å²) in [4.78, 5) is 44.9. The minimum absolute atomic E-state index is 0.00753. The average Bonchev–Trinajstić information content (AvgIpc) is 3.43. The van der Waals surface area contributed by atoms with Gasteiger partial charge >= 0.3 is 5.97 Å². The van der Waals surface area contributed by atoms with E-state index in [2.05, 4.69) is 27.0 Å². The molecule has 1 N–H and O–H groups in total. The maximum Gasteiger partial charge on any atom is 0.310 e. The molecule has 3 fully saturated rings. The molecular formula is C27H42N2O5S. The van der Waals surface area contributed by atoms with E-state index >= 15 is 0 Å². The number of ether oxygens (including phenoxy) is 1. The lowest BCUT2D eigenvalue weighted by Crippen LogP contribution is -2.60. The molecule has 3 aliphatic rings. The molecule has 1 spiro atoms. The lowest BCUT2D eigenvalue weighted by Gasteiger charge is -2.42. The molecule has 0 aromatic carbocycles. The van der Waals surface area contributed by atoms with Gasteiger partial charge in [0.15, 0.2) is 0 Å². The van der Waals surface area contributed by atoms with Gasteiger partial charge in [0.25, 0.3) is 0 Å². The summed E-state index contributed by atoms with van der Waals surface area (Å²) in [6.07, 6.45) is 7.50. The van der Waals surface area contributed by atoms with Gasteiger partial charge in [0.05, 0.1) is 35.8 Å². The van der Waals surface area contributed by atoms with Crippen LogP contribution in [0.5, 0.6) is 0 Å². The van der Waals surface area contributed by atoms with Crippen LogP contribution in [0.25, 0.3) is 0 Å². The predicted molar refractivity (Wildman–Crippen MR) is 139 cm³/mol. The second-order valence-electron chi connectivity index (χ2n) is 10.3. The fourth-order valence-electron chi connectivity index (χ4n) is 6.42. The van der Waals surface area contributed by atoms with Crippen LogP contribution in [0.4, 0.5) is 0 Å². The minimum atomic E-state index is -0.732. The van der Waals surface area contributed by atoms with E-state index in [0.717, 1.165) is 25.7 Å². The third-order valence-corrected chi connectivity index (χ3v) is 10.1. The summed E-state index contributed by atoms with van der Waals surface area (Å²) in [6, 6.07) is -1.27. The number of carbonyl (C=O) groups excluding carboxylic acids is 3. The van der Waals surface area contributed by atoms with Crippen LogP contribution >= 0.6 is 11.8 Å². The molecule has 0 aromatic heterocycles. The number of unbranched alkanes of at least 4 members (excludes halogenated alkanes) is 1. The summed E-state index contributed by atoms with van der Waals surface area (Å²) in [5.41, 5.74) is 0. The number of esters is 1. The second-order valence-corrected chi connectivity index (χ2v) is 11.9. The van der Waals surface area contributed by atoms with Gasteiger partial charge in [-0.2, -0.15) is 0 Å². The van der Waals surface area contributed by atoms with Crippen molar-refractivity contribution >= 4 is 29.5 Å². The van der Waals surface area contributed by atoms with Gasteiger partial charge in [0.2, 0.25) is 11.8 Å². The average molecular weight is 507 g/mol. The number of hydrogen-bond donors (Lipinski definition) is 1. The Morgan fingerprint density at radius 2 is 2.06 bits per heavy atom. The molecule has 3 rings (SSSR count). The first-order valence-electron chi connectivity index (χ1n) is 13.0. The van der Waals surface area contributed by atoms with E-state index in [-0.39, 0.29) is 41.6 Å². The number of allylic oxidation sites excluding steroid dienone is 1. The molecule has 3 heterocycles. The lowest BCUT2D eigenvalue weighted by atomic mass is 9.66. The Hall–Kier alpha value is -1.80. The molecule has 0 aliphatic carbocycles. The van der Waals surface area contributed by atoms with Crippen LogP contribution in [-0.2, 0) is 19.1 Å². The normalized spacial score (nSPS) is 32.8. The number of nitrogens with zero attached hydrogens (tertiary/aromatic N) is 2. The quantitative estimate of drug-likeness (QED) is 0.234. The zero-order valence-electron chi connectivity index (χ0n) is 21.7. The maximum atomic E-state index is 14.3. The number of amides is 2. The highest BCUT2D eigenvalue weighted by molar-refractivity contribution is 8.02. The van der Waals surface area contributed by atoms with Crippen LogP contribution in [0.2, 0.25) is 0 Å². The number of carbonyl (C=O) groups is 3. The van der Waals surface area contributed by atoms with Gasteiger partial charge in [0, 0.05) is 17.8 Å². The van der Waals surface area contributed by atoms with Crippen molar-refractivity contribution < 1.29 is 24.2 Å². The SMILES string of the molecule is C=CCCCOC(=O)[C@@H]1[C@H]2C(=O)N([C@H](C)CO)C(C(=O)N(CC=C)C(C)CCC)C23S[C@@H]1CC3C. The summed E-state index contributed by atoms with van der Waals surface area (Å²) in [5, 5.41) is 10.00. The molecule has 2 amide bonds. The van der Waals surface area contributed by atoms with Crippen LogP contribution in [-0.4, -0.2) is 80.6 Å². The summed E-state index contributed by atoms with van der Waals surface area (Å²) in [6.45, 7) is 16.0. The van der Waals surface area contributed by atoms with Crippen molar-refractivity contribution in [1.29, 1.82) is 0 Å². The second kappa shape index (κ2) is 11.5. The number of hydrogen-bond acceptors (Lipinski definition) is 6. The summed E-state index contributed by atoms with van der Waals surface area (Å²) in [5.74, 6) is -1.77. The number of rotatable bonds is 13. The monoisotopic (exact) mass is 506 g/mol. The highest BCUT2D eigenvalue weighted by atomic mass is 32.2. The molecule has 8 heteroatoms. The Bertz CT molecular complexity index is 834. The van der Waals surface area contributed by atoms with Gasteiger partial charge in [-0.05, 0) is 45.4 Å². The number of likely N-dealkylation sites (tertiary alicyclic amines) is 1. The number of aliphatic hydroxyl groups excluding tert-OH is 1. The maximum absolute atomic E-state index is 14.3. The molecular weight excluding hydrogens is 464 g/mol. The third-order valence-electron chi connectivity index (χ3n) is 8.07. The Balaban J connectivity index is 2.01. The zero-order valence-corrected chi connectivity index (χ0v) is 22.5. The molecule has 0 aromatic rings. The van der Waals surface area contributed by atoms with E-state index in [1.807, 2.05) is 11.8 Å². The smallest absolute Gasteiger partial charge is 0.310 e. The van der Waals surface area contributed by atoms with Crippen molar-refractivity contribution in [2.75, 3.05) is 19.8 Å². The molecule has 4 unspecified atom stereocenters. The zero-order chi connectivity index (χ0) is 25.9. The summed E-state index contributed by atoms with van der Waals surface area (Å²) in [7, 11) is 0. The highest BCUT2D eigenvalue weighted by Crippen LogP contribution is 2.69. The highest BCUT2D eigenvalue weighted by Gasteiger charge is 2.77. The first-order valence-corrected chi connectivity index (χ1v) is 13.9. The van der Waals surface area contributed by atoms with Crippen molar-refractivity contribution in [1.82, 2.24) is 9.80 Å². The van der Waals surface area contributed by atoms with Crippen molar-refractivity contribution in [3.8, 4) is 0 Å².